The second-order valence-electron chi connectivity index (χ2n) is 4.66. The molecule has 0 amide bonds. The van der Waals surface area contributed by atoms with E-state index in [1.54, 1.807) is 0 Å². The fourth-order valence-corrected chi connectivity index (χ4v) is 1.78. The number of aromatic nitrogens is 1. The zero-order valence-corrected chi connectivity index (χ0v) is 10.2. The third kappa shape index (κ3) is 4.43. The van der Waals surface area contributed by atoms with Crippen LogP contribution in [-0.4, -0.2) is 11.0 Å². The van der Waals surface area contributed by atoms with Crippen molar-refractivity contribution < 1.29 is 0 Å². The number of pyridine rings is 1. The van der Waals surface area contributed by atoms with Gasteiger partial charge >= 0.3 is 0 Å². The Hall–Kier alpha value is -0.890. The van der Waals surface area contributed by atoms with E-state index in [1.165, 1.54) is 12.0 Å². The maximum Gasteiger partial charge on any atom is 0.0417 e. The van der Waals surface area contributed by atoms with E-state index in [2.05, 4.69) is 44.1 Å². The molecular weight excluding hydrogens is 184 g/mol. The van der Waals surface area contributed by atoms with Gasteiger partial charge in [-0.25, -0.2) is 0 Å². The van der Waals surface area contributed by atoms with Crippen molar-refractivity contribution in [1.82, 2.24) is 10.3 Å². The average Bonchev–Trinajstić information content (AvgIpc) is 2.15. The lowest BCUT2D eigenvalue weighted by Gasteiger charge is -2.16. The zero-order chi connectivity index (χ0) is 11.3. The molecule has 1 aromatic rings. The number of hydrogen-bond donors (Lipinski definition) is 1. The molecule has 1 aromatic heterocycles. The van der Waals surface area contributed by atoms with Crippen LogP contribution in [0.2, 0.25) is 0 Å². The highest BCUT2D eigenvalue weighted by Gasteiger charge is 2.05. The minimum absolute atomic E-state index is 0.574. The van der Waals surface area contributed by atoms with Gasteiger partial charge in [0, 0.05) is 24.5 Å². The van der Waals surface area contributed by atoms with Crippen LogP contribution in [0.1, 0.15) is 38.4 Å². The monoisotopic (exact) mass is 206 g/mol. The summed E-state index contributed by atoms with van der Waals surface area (Å²) in [5, 5.41) is 3.53. The molecule has 0 aromatic carbocycles. The van der Waals surface area contributed by atoms with E-state index < -0.39 is 0 Å². The van der Waals surface area contributed by atoms with E-state index in [9.17, 15) is 0 Å². The van der Waals surface area contributed by atoms with Crippen molar-refractivity contribution in [3.05, 3.63) is 29.6 Å². The molecule has 1 heterocycles. The molecule has 0 spiro atoms. The standard InChI is InChI=1S/C13H22N2/c1-10(2)8-11(3)15-9-13-6-5-7-14-12(13)4/h5-7,10-11,15H,8-9H2,1-4H3. The topological polar surface area (TPSA) is 24.9 Å². The Labute approximate surface area is 93.1 Å². The summed E-state index contributed by atoms with van der Waals surface area (Å²) in [5.41, 5.74) is 2.43. The van der Waals surface area contributed by atoms with Crippen molar-refractivity contribution in [2.24, 2.45) is 5.92 Å². The molecule has 0 aliphatic carbocycles. The van der Waals surface area contributed by atoms with E-state index in [0.29, 0.717) is 6.04 Å². The summed E-state index contributed by atoms with van der Waals surface area (Å²) in [6.07, 6.45) is 3.07. The second-order valence-corrected chi connectivity index (χ2v) is 4.66. The van der Waals surface area contributed by atoms with Crippen LogP contribution in [0.4, 0.5) is 0 Å². The Kier molecular flexibility index (Phi) is 4.76. The van der Waals surface area contributed by atoms with Gasteiger partial charge in [-0.3, -0.25) is 4.98 Å². The maximum absolute atomic E-state index is 4.28. The molecule has 2 heteroatoms. The van der Waals surface area contributed by atoms with Gasteiger partial charge in [-0.15, -0.1) is 0 Å². The molecule has 0 saturated carbocycles. The lowest BCUT2D eigenvalue weighted by Crippen LogP contribution is -2.27. The Bertz CT molecular complexity index is 294. The number of hydrogen-bond acceptors (Lipinski definition) is 2. The lowest BCUT2D eigenvalue weighted by atomic mass is 10.0. The highest BCUT2D eigenvalue weighted by molar-refractivity contribution is 5.17. The average molecular weight is 206 g/mol. The number of aryl methyl sites for hydroxylation is 1. The summed E-state index contributed by atoms with van der Waals surface area (Å²) in [6.45, 7) is 9.74. The highest BCUT2D eigenvalue weighted by atomic mass is 14.9. The molecular formula is C13H22N2. The van der Waals surface area contributed by atoms with E-state index in [4.69, 9.17) is 0 Å². The van der Waals surface area contributed by atoms with Crippen LogP contribution in [0, 0.1) is 12.8 Å². The largest absolute Gasteiger partial charge is 0.310 e. The van der Waals surface area contributed by atoms with Gasteiger partial charge in [0.05, 0.1) is 0 Å². The first-order valence-electron chi connectivity index (χ1n) is 5.73. The smallest absolute Gasteiger partial charge is 0.0417 e. The predicted molar refractivity (Wildman–Crippen MR) is 64.7 cm³/mol. The van der Waals surface area contributed by atoms with Crippen molar-refractivity contribution in [3.63, 3.8) is 0 Å². The number of nitrogens with zero attached hydrogens (tertiary/aromatic N) is 1. The van der Waals surface area contributed by atoms with Crippen LogP contribution in [0.15, 0.2) is 18.3 Å². The first-order valence-corrected chi connectivity index (χ1v) is 5.73. The summed E-state index contributed by atoms with van der Waals surface area (Å²) < 4.78 is 0. The molecule has 1 N–H and O–H groups in total. The first kappa shape index (κ1) is 12.2. The molecule has 0 fully saturated rings. The van der Waals surface area contributed by atoms with Gasteiger partial charge in [-0.2, -0.15) is 0 Å². The predicted octanol–water partition coefficient (Wildman–Crippen LogP) is 2.91. The van der Waals surface area contributed by atoms with Crippen molar-refractivity contribution >= 4 is 0 Å². The maximum atomic E-state index is 4.28. The summed E-state index contributed by atoms with van der Waals surface area (Å²) in [5.74, 6) is 0.752. The first-order chi connectivity index (χ1) is 7.09. The van der Waals surface area contributed by atoms with Gasteiger partial charge in [0.1, 0.15) is 0 Å². The molecule has 0 bridgehead atoms. The van der Waals surface area contributed by atoms with Crippen LogP contribution < -0.4 is 5.32 Å². The third-order valence-corrected chi connectivity index (χ3v) is 2.58. The van der Waals surface area contributed by atoms with Gasteiger partial charge in [-0.1, -0.05) is 19.9 Å². The van der Waals surface area contributed by atoms with Gasteiger partial charge in [-0.05, 0) is 37.8 Å². The SMILES string of the molecule is Cc1ncccc1CNC(C)CC(C)C. The van der Waals surface area contributed by atoms with E-state index in [1.807, 2.05) is 12.3 Å². The van der Waals surface area contributed by atoms with Crippen molar-refractivity contribution in [2.75, 3.05) is 0 Å². The zero-order valence-electron chi connectivity index (χ0n) is 10.2. The Morgan fingerprint density at radius 3 is 2.67 bits per heavy atom. The quantitative estimate of drug-likeness (QED) is 0.801. The summed E-state index contributed by atoms with van der Waals surface area (Å²) in [7, 11) is 0. The molecule has 1 rings (SSSR count). The highest BCUT2D eigenvalue weighted by Crippen LogP contribution is 2.07. The van der Waals surface area contributed by atoms with Crippen LogP contribution in [-0.2, 0) is 6.54 Å². The minimum atomic E-state index is 0.574. The third-order valence-electron chi connectivity index (χ3n) is 2.58. The van der Waals surface area contributed by atoms with Crippen LogP contribution in [0.25, 0.3) is 0 Å². The molecule has 0 aliphatic rings. The van der Waals surface area contributed by atoms with E-state index in [-0.39, 0.29) is 0 Å². The molecule has 0 saturated heterocycles. The van der Waals surface area contributed by atoms with Crippen molar-refractivity contribution in [2.45, 2.75) is 46.7 Å². The van der Waals surface area contributed by atoms with Gasteiger partial charge < -0.3 is 5.32 Å². The van der Waals surface area contributed by atoms with Gasteiger partial charge in [0.2, 0.25) is 0 Å². The molecule has 1 atom stereocenters. The molecule has 15 heavy (non-hydrogen) atoms. The minimum Gasteiger partial charge on any atom is -0.310 e. The molecule has 1 unspecified atom stereocenters. The summed E-state index contributed by atoms with van der Waals surface area (Å²) >= 11 is 0. The normalized spacial score (nSPS) is 13.1. The van der Waals surface area contributed by atoms with Crippen molar-refractivity contribution in [3.8, 4) is 0 Å². The second kappa shape index (κ2) is 5.86. The van der Waals surface area contributed by atoms with Crippen molar-refractivity contribution in [1.29, 1.82) is 0 Å². The molecule has 2 nitrogen and oxygen atoms in total. The van der Waals surface area contributed by atoms with Crippen LogP contribution >= 0.6 is 0 Å². The van der Waals surface area contributed by atoms with E-state index >= 15 is 0 Å². The number of rotatable bonds is 5. The van der Waals surface area contributed by atoms with Gasteiger partial charge in [0.25, 0.3) is 0 Å². The van der Waals surface area contributed by atoms with Crippen LogP contribution in [0.3, 0.4) is 0 Å². The van der Waals surface area contributed by atoms with E-state index in [0.717, 1.165) is 18.2 Å². The Morgan fingerprint density at radius 2 is 2.07 bits per heavy atom. The summed E-state index contributed by atoms with van der Waals surface area (Å²) in [6, 6.07) is 4.71. The molecule has 84 valence electrons. The summed E-state index contributed by atoms with van der Waals surface area (Å²) in [4.78, 5) is 4.28. The lowest BCUT2D eigenvalue weighted by molar-refractivity contribution is 0.441. The fourth-order valence-electron chi connectivity index (χ4n) is 1.78. The molecule has 0 radical (unpaired) electrons. The Balaban J connectivity index is 2.40. The molecule has 0 aliphatic heterocycles. The van der Waals surface area contributed by atoms with Gasteiger partial charge in [0.15, 0.2) is 0 Å². The Morgan fingerprint density at radius 1 is 1.33 bits per heavy atom. The fraction of sp³-hybridized carbons (Fsp3) is 0.615. The van der Waals surface area contributed by atoms with Crippen LogP contribution in [0.5, 0.6) is 0 Å². The number of nitrogens with one attached hydrogen (secondary N) is 1.